The first kappa shape index (κ1) is 14.9. The molecule has 1 aliphatic rings. The van der Waals surface area contributed by atoms with Crippen molar-refractivity contribution in [3.63, 3.8) is 0 Å². The van der Waals surface area contributed by atoms with Gasteiger partial charge in [0, 0.05) is 6.54 Å². The quantitative estimate of drug-likeness (QED) is 0.926. The number of methoxy groups -OCH3 is 1. The van der Waals surface area contributed by atoms with Crippen LogP contribution in [0.4, 0.5) is 0 Å². The minimum absolute atomic E-state index is 0.0378. The Bertz CT molecular complexity index is 506. The Morgan fingerprint density at radius 2 is 2.25 bits per heavy atom. The van der Waals surface area contributed by atoms with Crippen LogP contribution >= 0.6 is 11.6 Å². The smallest absolute Gasteiger partial charge is 0.335 e. The van der Waals surface area contributed by atoms with Crippen LogP contribution in [-0.2, 0) is 0 Å². The second-order valence-corrected chi connectivity index (χ2v) is 5.35. The van der Waals surface area contributed by atoms with Gasteiger partial charge in [0.05, 0.1) is 17.7 Å². The Morgan fingerprint density at radius 3 is 2.85 bits per heavy atom. The van der Waals surface area contributed by atoms with Crippen LogP contribution in [0.5, 0.6) is 11.5 Å². The molecule has 1 saturated heterocycles. The first-order valence-electron chi connectivity index (χ1n) is 6.47. The molecule has 1 unspecified atom stereocenters. The van der Waals surface area contributed by atoms with Crippen LogP contribution in [0.2, 0.25) is 5.02 Å². The van der Waals surface area contributed by atoms with Crippen LogP contribution in [0.15, 0.2) is 12.1 Å². The highest BCUT2D eigenvalue weighted by atomic mass is 35.5. The molecular weight excluding hydrogens is 282 g/mol. The van der Waals surface area contributed by atoms with Gasteiger partial charge in [-0.25, -0.2) is 4.79 Å². The van der Waals surface area contributed by atoms with Gasteiger partial charge in [0.1, 0.15) is 6.10 Å². The van der Waals surface area contributed by atoms with Crippen LogP contribution in [-0.4, -0.2) is 49.3 Å². The lowest BCUT2D eigenvalue weighted by Gasteiger charge is -2.30. The maximum absolute atomic E-state index is 11.0. The third kappa shape index (κ3) is 3.35. The van der Waals surface area contributed by atoms with E-state index in [0.29, 0.717) is 11.5 Å². The maximum Gasteiger partial charge on any atom is 0.335 e. The molecule has 1 aromatic rings. The number of carboxylic acids is 1. The highest BCUT2D eigenvalue weighted by Crippen LogP contribution is 2.37. The molecule has 1 atom stereocenters. The Morgan fingerprint density at radius 1 is 1.50 bits per heavy atom. The number of likely N-dealkylation sites (N-methyl/N-ethyl adjacent to an activating group) is 1. The van der Waals surface area contributed by atoms with E-state index in [4.69, 9.17) is 26.2 Å². The fourth-order valence-electron chi connectivity index (χ4n) is 2.34. The van der Waals surface area contributed by atoms with Gasteiger partial charge in [-0.1, -0.05) is 11.6 Å². The van der Waals surface area contributed by atoms with Crippen molar-refractivity contribution in [3.8, 4) is 11.5 Å². The number of halogens is 1. The normalized spacial score (nSPS) is 19.6. The minimum atomic E-state index is -1.05. The van der Waals surface area contributed by atoms with E-state index in [1.165, 1.54) is 19.2 Å². The van der Waals surface area contributed by atoms with Crippen molar-refractivity contribution in [2.75, 3.05) is 27.2 Å². The van der Waals surface area contributed by atoms with Crippen molar-refractivity contribution >= 4 is 17.6 Å². The van der Waals surface area contributed by atoms with Crippen molar-refractivity contribution in [2.24, 2.45) is 0 Å². The van der Waals surface area contributed by atoms with Gasteiger partial charge in [0.25, 0.3) is 0 Å². The zero-order chi connectivity index (χ0) is 14.7. The fraction of sp³-hybridized carbons (Fsp3) is 0.500. The van der Waals surface area contributed by atoms with Crippen LogP contribution in [0.25, 0.3) is 0 Å². The lowest BCUT2D eigenvalue weighted by molar-refractivity contribution is 0.0696. The zero-order valence-electron chi connectivity index (χ0n) is 11.6. The number of likely N-dealkylation sites (tertiary alicyclic amines) is 1. The molecule has 1 aliphatic heterocycles. The molecule has 5 nitrogen and oxygen atoms in total. The predicted molar refractivity (Wildman–Crippen MR) is 76.1 cm³/mol. The van der Waals surface area contributed by atoms with Crippen molar-refractivity contribution in [2.45, 2.75) is 18.9 Å². The summed E-state index contributed by atoms with van der Waals surface area (Å²) >= 11 is 6.13. The molecule has 20 heavy (non-hydrogen) atoms. The molecule has 110 valence electrons. The molecule has 0 bridgehead atoms. The summed E-state index contributed by atoms with van der Waals surface area (Å²) in [6.45, 7) is 1.88. The number of hydrogen-bond acceptors (Lipinski definition) is 4. The Balaban J connectivity index is 2.24. The molecule has 2 rings (SSSR count). The number of aromatic carboxylic acids is 1. The minimum Gasteiger partial charge on any atom is -0.493 e. The summed E-state index contributed by atoms with van der Waals surface area (Å²) < 4.78 is 11.1. The lowest BCUT2D eigenvalue weighted by atomic mass is 10.1. The van der Waals surface area contributed by atoms with Crippen LogP contribution in [0.1, 0.15) is 23.2 Å². The monoisotopic (exact) mass is 299 g/mol. The topological polar surface area (TPSA) is 59.0 Å². The third-order valence-corrected chi connectivity index (χ3v) is 3.62. The molecule has 0 amide bonds. The van der Waals surface area contributed by atoms with Gasteiger partial charge in [-0.15, -0.1) is 0 Å². The molecule has 0 saturated carbocycles. The Kier molecular flexibility index (Phi) is 4.73. The number of hydrogen-bond donors (Lipinski definition) is 1. The molecule has 0 aliphatic carbocycles. The summed E-state index contributed by atoms with van der Waals surface area (Å²) in [6.07, 6.45) is 2.05. The van der Waals surface area contributed by atoms with Gasteiger partial charge in [-0.2, -0.15) is 0 Å². The predicted octanol–water partition coefficient (Wildman–Crippen LogP) is 2.52. The Labute approximate surface area is 123 Å². The highest BCUT2D eigenvalue weighted by molar-refractivity contribution is 6.32. The summed E-state index contributed by atoms with van der Waals surface area (Å²) in [6, 6.07) is 2.81. The number of nitrogens with zero attached hydrogens (tertiary/aromatic N) is 1. The number of carbonyl (C=O) groups is 1. The lowest BCUT2D eigenvalue weighted by Crippen LogP contribution is -2.38. The van der Waals surface area contributed by atoms with Crippen LogP contribution < -0.4 is 9.47 Å². The van der Waals surface area contributed by atoms with E-state index in [1.54, 1.807) is 0 Å². The molecule has 0 spiro atoms. The van der Waals surface area contributed by atoms with Gasteiger partial charge in [0.15, 0.2) is 11.5 Å². The van der Waals surface area contributed by atoms with Gasteiger partial charge < -0.3 is 19.5 Å². The average Bonchev–Trinajstić information content (AvgIpc) is 2.40. The van der Waals surface area contributed by atoms with Crippen molar-refractivity contribution in [1.29, 1.82) is 0 Å². The van der Waals surface area contributed by atoms with E-state index >= 15 is 0 Å². The second kappa shape index (κ2) is 6.33. The van der Waals surface area contributed by atoms with E-state index in [9.17, 15) is 4.79 Å². The highest BCUT2D eigenvalue weighted by Gasteiger charge is 2.22. The SMILES string of the molecule is COc1cc(C(=O)O)cc(Cl)c1OC1CCCN(C)C1. The van der Waals surface area contributed by atoms with Crippen molar-refractivity contribution in [3.05, 3.63) is 22.7 Å². The van der Waals surface area contributed by atoms with Gasteiger partial charge >= 0.3 is 5.97 Å². The third-order valence-electron chi connectivity index (χ3n) is 3.34. The number of piperidine rings is 1. The first-order valence-corrected chi connectivity index (χ1v) is 6.85. The molecule has 0 aromatic heterocycles. The van der Waals surface area contributed by atoms with Gasteiger partial charge in [0.2, 0.25) is 0 Å². The first-order chi connectivity index (χ1) is 9.51. The van der Waals surface area contributed by atoms with E-state index in [-0.39, 0.29) is 16.7 Å². The fourth-order valence-corrected chi connectivity index (χ4v) is 2.59. The average molecular weight is 300 g/mol. The Hall–Kier alpha value is -1.46. The molecule has 1 fully saturated rings. The van der Waals surface area contributed by atoms with Crippen molar-refractivity contribution < 1.29 is 19.4 Å². The van der Waals surface area contributed by atoms with E-state index in [2.05, 4.69) is 4.90 Å². The van der Waals surface area contributed by atoms with Crippen LogP contribution in [0.3, 0.4) is 0 Å². The number of rotatable bonds is 4. The molecule has 0 radical (unpaired) electrons. The summed E-state index contributed by atoms with van der Waals surface area (Å²) in [5.41, 5.74) is 0.0833. The zero-order valence-corrected chi connectivity index (χ0v) is 12.3. The second-order valence-electron chi connectivity index (χ2n) is 4.94. The standard InChI is InChI=1S/C14H18ClNO4/c1-16-5-3-4-10(8-16)20-13-11(15)6-9(14(17)18)7-12(13)19-2/h6-7,10H,3-5,8H2,1-2H3,(H,17,18). The number of carboxylic acid groups (broad SMARTS) is 1. The molecule has 1 N–H and O–H groups in total. The molecule has 6 heteroatoms. The van der Waals surface area contributed by atoms with E-state index in [0.717, 1.165) is 25.9 Å². The summed E-state index contributed by atoms with van der Waals surface area (Å²) in [5, 5.41) is 9.27. The molecule has 1 aromatic carbocycles. The summed E-state index contributed by atoms with van der Waals surface area (Å²) in [7, 11) is 3.51. The maximum atomic E-state index is 11.0. The molecular formula is C14H18ClNO4. The molecule has 1 heterocycles. The van der Waals surface area contributed by atoms with Crippen molar-refractivity contribution in [1.82, 2.24) is 4.90 Å². The van der Waals surface area contributed by atoms with E-state index < -0.39 is 5.97 Å². The number of ether oxygens (including phenoxy) is 2. The van der Waals surface area contributed by atoms with E-state index in [1.807, 2.05) is 7.05 Å². The largest absolute Gasteiger partial charge is 0.493 e. The summed E-state index contributed by atoms with van der Waals surface area (Å²) in [5.74, 6) is -0.281. The van der Waals surface area contributed by atoms with Gasteiger partial charge in [-0.05, 0) is 38.6 Å². The summed E-state index contributed by atoms with van der Waals surface area (Å²) in [4.78, 5) is 13.2. The van der Waals surface area contributed by atoms with Gasteiger partial charge in [-0.3, -0.25) is 0 Å². The van der Waals surface area contributed by atoms with Crippen LogP contribution in [0, 0.1) is 0 Å². The number of benzene rings is 1.